The van der Waals surface area contributed by atoms with Gasteiger partial charge in [-0.25, -0.2) is 4.98 Å². The highest BCUT2D eigenvalue weighted by Crippen LogP contribution is 2.22. The summed E-state index contributed by atoms with van der Waals surface area (Å²) in [7, 11) is 0. The van der Waals surface area contributed by atoms with Crippen LogP contribution >= 0.6 is 0 Å². The van der Waals surface area contributed by atoms with Gasteiger partial charge in [0.2, 0.25) is 11.8 Å². The predicted molar refractivity (Wildman–Crippen MR) is 70.5 cm³/mol. The van der Waals surface area contributed by atoms with E-state index in [0.717, 1.165) is 5.69 Å². The van der Waals surface area contributed by atoms with Gasteiger partial charge in [0.1, 0.15) is 0 Å². The molecule has 6 heteroatoms. The lowest BCUT2D eigenvalue weighted by atomic mass is 9.97. The van der Waals surface area contributed by atoms with Crippen LogP contribution in [0.15, 0.2) is 6.07 Å². The number of carbonyl (C=O) groups is 1. The third-order valence-corrected chi connectivity index (χ3v) is 3.24. The van der Waals surface area contributed by atoms with Crippen molar-refractivity contribution >= 4 is 11.9 Å². The molecule has 0 amide bonds. The Morgan fingerprint density at radius 2 is 2.16 bits per heavy atom. The third-order valence-electron chi connectivity index (χ3n) is 3.24. The number of hydrogen-bond donors (Lipinski definition) is 1. The van der Waals surface area contributed by atoms with Crippen molar-refractivity contribution in [1.82, 2.24) is 9.97 Å². The molecule has 19 heavy (non-hydrogen) atoms. The summed E-state index contributed by atoms with van der Waals surface area (Å²) in [6, 6.07) is 1.80. The Morgan fingerprint density at radius 1 is 1.47 bits per heavy atom. The van der Waals surface area contributed by atoms with E-state index in [1.807, 2.05) is 18.7 Å². The fraction of sp³-hybridized carbons (Fsp3) is 0.615. The number of rotatable bonds is 4. The largest absolute Gasteiger partial charge is 0.481 e. The summed E-state index contributed by atoms with van der Waals surface area (Å²) in [5.41, 5.74) is 0.855. The van der Waals surface area contributed by atoms with Crippen molar-refractivity contribution in [2.24, 2.45) is 5.92 Å². The number of carboxylic acid groups (broad SMARTS) is 1. The monoisotopic (exact) mass is 265 g/mol. The molecule has 2 heterocycles. The lowest BCUT2D eigenvalue weighted by Crippen LogP contribution is -2.37. The van der Waals surface area contributed by atoms with Crippen molar-refractivity contribution in [1.29, 1.82) is 0 Å². The van der Waals surface area contributed by atoms with Crippen LogP contribution < -0.4 is 9.64 Å². The summed E-state index contributed by atoms with van der Waals surface area (Å²) >= 11 is 0. The molecule has 0 radical (unpaired) electrons. The van der Waals surface area contributed by atoms with E-state index >= 15 is 0 Å². The first-order chi connectivity index (χ1) is 9.10. The standard InChI is InChI=1S/C13H19N3O3/c1-3-19-11-8-9(2)14-13(15-11)16-6-4-10(5-7-16)12(17)18/h8,10H,3-7H2,1-2H3,(H,17,18). The minimum atomic E-state index is -0.709. The van der Waals surface area contributed by atoms with Gasteiger partial charge in [-0.3, -0.25) is 4.79 Å². The summed E-state index contributed by atoms with van der Waals surface area (Å²) in [6.07, 6.45) is 1.27. The first-order valence-electron chi connectivity index (χ1n) is 6.56. The smallest absolute Gasteiger partial charge is 0.306 e. The molecular weight excluding hydrogens is 246 g/mol. The second-order valence-electron chi connectivity index (χ2n) is 4.68. The van der Waals surface area contributed by atoms with Crippen LogP contribution in [-0.4, -0.2) is 40.7 Å². The van der Waals surface area contributed by atoms with Crippen molar-refractivity contribution in [3.63, 3.8) is 0 Å². The van der Waals surface area contributed by atoms with E-state index in [-0.39, 0.29) is 5.92 Å². The van der Waals surface area contributed by atoms with Crippen LogP contribution in [0.3, 0.4) is 0 Å². The Hall–Kier alpha value is -1.85. The number of piperidine rings is 1. The number of anilines is 1. The normalized spacial score (nSPS) is 16.4. The van der Waals surface area contributed by atoms with E-state index in [1.165, 1.54) is 0 Å². The number of hydrogen-bond acceptors (Lipinski definition) is 5. The molecule has 0 aliphatic carbocycles. The van der Waals surface area contributed by atoms with Gasteiger partial charge < -0.3 is 14.7 Å². The van der Waals surface area contributed by atoms with Crippen LogP contribution in [0, 0.1) is 12.8 Å². The summed E-state index contributed by atoms with van der Waals surface area (Å²) in [4.78, 5) is 21.7. The maximum absolute atomic E-state index is 10.9. The van der Waals surface area contributed by atoms with Gasteiger partial charge >= 0.3 is 5.97 Å². The van der Waals surface area contributed by atoms with E-state index in [1.54, 1.807) is 6.07 Å². The minimum absolute atomic E-state index is 0.243. The number of carboxylic acids is 1. The molecule has 6 nitrogen and oxygen atoms in total. The molecule has 0 spiro atoms. The average Bonchev–Trinajstić information content (AvgIpc) is 2.38. The van der Waals surface area contributed by atoms with Crippen molar-refractivity contribution in [2.45, 2.75) is 26.7 Å². The molecule has 104 valence electrons. The van der Waals surface area contributed by atoms with Crippen LogP contribution in [-0.2, 0) is 4.79 Å². The lowest BCUT2D eigenvalue weighted by Gasteiger charge is -2.30. The maximum Gasteiger partial charge on any atom is 0.306 e. The Kier molecular flexibility index (Phi) is 4.19. The predicted octanol–water partition coefficient (Wildman–Crippen LogP) is 1.48. The number of aliphatic carboxylic acids is 1. The summed E-state index contributed by atoms with van der Waals surface area (Å²) in [6.45, 7) is 5.72. The molecule has 1 N–H and O–H groups in total. The molecule has 0 bridgehead atoms. The number of aryl methyl sites for hydroxylation is 1. The minimum Gasteiger partial charge on any atom is -0.481 e. The fourth-order valence-corrected chi connectivity index (χ4v) is 2.21. The van der Waals surface area contributed by atoms with E-state index in [2.05, 4.69) is 9.97 Å². The van der Waals surface area contributed by atoms with Gasteiger partial charge in [0.15, 0.2) is 0 Å². The number of aromatic nitrogens is 2. The highest BCUT2D eigenvalue weighted by atomic mass is 16.5. The van der Waals surface area contributed by atoms with E-state index in [0.29, 0.717) is 44.4 Å². The van der Waals surface area contributed by atoms with Gasteiger partial charge in [0, 0.05) is 24.8 Å². The first kappa shape index (κ1) is 13.6. The number of ether oxygens (including phenoxy) is 1. The highest BCUT2D eigenvalue weighted by Gasteiger charge is 2.26. The molecule has 1 saturated heterocycles. The molecule has 0 unspecified atom stereocenters. The molecule has 0 atom stereocenters. The van der Waals surface area contributed by atoms with Gasteiger partial charge in [-0.1, -0.05) is 0 Å². The molecule has 1 aliphatic heterocycles. The Morgan fingerprint density at radius 3 is 2.74 bits per heavy atom. The molecule has 1 aliphatic rings. The van der Waals surface area contributed by atoms with E-state index in [9.17, 15) is 4.79 Å². The number of nitrogens with zero attached hydrogens (tertiary/aromatic N) is 3. The van der Waals surface area contributed by atoms with Gasteiger partial charge in [0.25, 0.3) is 0 Å². The zero-order valence-electron chi connectivity index (χ0n) is 11.3. The molecule has 1 fully saturated rings. The Bertz CT molecular complexity index is 456. The second-order valence-corrected chi connectivity index (χ2v) is 4.68. The van der Waals surface area contributed by atoms with Gasteiger partial charge in [0.05, 0.1) is 12.5 Å². The Labute approximate surface area is 112 Å². The van der Waals surface area contributed by atoms with Gasteiger partial charge in [-0.15, -0.1) is 0 Å². The first-order valence-corrected chi connectivity index (χ1v) is 6.56. The second kappa shape index (κ2) is 5.86. The summed E-state index contributed by atoms with van der Waals surface area (Å²) in [5.74, 6) is 0.255. The SMILES string of the molecule is CCOc1cc(C)nc(N2CCC(C(=O)O)CC2)n1. The quantitative estimate of drug-likeness (QED) is 0.888. The Balaban J connectivity index is 2.08. The van der Waals surface area contributed by atoms with Crippen LogP contribution in [0.5, 0.6) is 5.88 Å². The third kappa shape index (κ3) is 3.33. The van der Waals surface area contributed by atoms with E-state index < -0.39 is 5.97 Å². The zero-order chi connectivity index (χ0) is 13.8. The lowest BCUT2D eigenvalue weighted by molar-refractivity contribution is -0.142. The van der Waals surface area contributed by atoms with Crippen LogP contribution in [0.4, 0.5) is 5.95 Å². The molecule has 2 rings (SSSR count). The van der Waals surface area contributed by atoms with Crippen LogP contribution in [0.25, 0.3) is 0 Å². The van der Waals surface area contributed by atoms with Crippen molar-refractivity contribution in [3.8, 4) is 5.88 Å². The zero-order valence-corrected chi connectivity index (χ0v) is 11.3. The van der Waals surface area contributed by atoms with Crippen LogP contribution in [0.2, 0.25) is 0 Å². The molecule has 0 aromatic carbocycles. The molecule has 0 saturated carbocycles. The summed E-state index contributed by atoms with van der Waals surface area (Å²) < 4.78 is 5.41. The van der Waals surface area contributed by atoms with Crippen molar-refractivity contribution in [3.05, 3.63) is 11.8 Å². The van der Waals surface area contributed by atoms with Gasteiger partial charge in [-0.2, -0.15) is 4.98 Å². The van der Waals surface area contributed by atoms with Crippen molar-refractivity contribution < 1.29 is 14.6 Å². The molecule has 1 aromatic heterocycles. The topological polar surface area (TPSA) is 75.5 Å². The fourth-order valence-electron chi connectivity index (χ4n) is 2.21. The molecular formula is C13H19N3O3. The van der Waals surface area contributed by atoms with E-state index in [4.69, 9.17) is 9.84 Å². The van der Waals surface area contributed by atoms with Gasteiger partial charge in [-0.05, 0) is 26.7 Å². The average molecular weight is 265 g/mol. The highest BCUT2D eigenvalue weighted by molar-refractivity contribution is 5.70. The van der Waals surface area contributed by atoms with Crippen LogP contribution in [0.1, 0.15) is 25.5 Å². The maximum atomic E-state index is 10.9. The molecule has 1 aromatic rings. The van der Waals surface area contributed by atoms with Crippen molar-refractivity contribution in [2.75, 3.05) is 24.6 Å². The summed E-state index contributed by atoms with van der Waals surface area (Å²) in [5, 5.41) is 8.98.